The molecule has 0 radical (unpaired) electrons. The van der Waals surface area contributed by atoms with Crippen LogP contribution in [0.3, 0.4) is 0 Å². The number of hydrogen-bond donors (Lipinski definition) is 3. The number of hydrogen-bond acceptors (Lipinski definition) is 5. The van der Waals surface area contributed by atoms with E-state index in [1.165, 1.54) is 0 Å². The Balaban J connectivity index is 3.77. The average Bonchev–Trinajstić information content (AvgIpc) is 2.02. The van der Waals surface area contributed by atoms with E-state index in [1.54, 1.807) is 6.92 Å². The Hall–Kier alpha value is -0.940. The first-order chi connectivity index (χ1) is 5.11. The molecule has 0 spiro atoms. The van der Waals surface area contributed by atoms with Crippen molar-refractivity contribution < 1.29 is 9.53 Å². The molecule has 0 saturated heterocycles. The molecule has 1 unspecified atom stereocenters. The molecule has 11 heavy (non-hydrogen) atoms. The van der Waals surface area contributed by atoms with E-state index in [-0.39, 0.29) is 6.54 Å². The monoisotopic (exact) mass is 159 g/mol. The summed E-state index contributed by atoms with van der Waals surface area (Å²) in [6.07, 6.45) is -0.0294. The van der Waals surface area contributed by atoms with Crippen LogP contribution in [0.1, 0.15) is 13.3 Å². The zero-order valence-corrected chi connectivity index (χ0v) is 6.46. The van der Waals surface area contributed by atoms with Crippen molar-refractivity contribution in [3.05, 3.63) is 0 Å². The highest BCUT2D eigenvalue weighted by atomic mass is 16.5. The number of nitrogens with one attached hydrogen (secondary N) is 1. The van der Waals surface area contributed by atoms with Crippen LogP contribution < -0.4 is 11.5 Å². The number of nitrogens with two attached hydrogens (primary N) is 2. The van der Waals surface area contributed by atoms with E-state index in [2.05, 4.69) is 4.74 Å². The minimum atomic E-state index is -0.585. The first-order valence-electron chi connectivity index (χ1n) is 3.35. The van der Waals surface area contributed by atoms with Crippen LogP contribution >= 0.6 is 0 Å². The summed E-state index contributed by atoms with van der Waals surface area (Å²) >= 11 is 0. The predicted molar refractivity (Wildman–Crippen MR) is 41.1 cm³/mol. The zero-order valence-electron chi connectivity index (χ0n) is 6.46. The molecule has 0 heterocycles. The van der Waals surface area contributed by atoms with Gasteiger partial charge in [0.2, 0.25) is 5.78 Å². The smallest absolute Gasteiger partial charge is 0.253 e. The van der Waals surface area contributed by atoms with Gasteiger partial charge in [-0.15, -0.1) is 0 Å². The molecule has 0 aliphatic rings. The Kier molecular flexibility index (Phi) is 4.40. The van der Waals surface area contributed by atoms with Gasteiger partial charge >= 0.3 is 0 Å². The lowest BCUT2D eigenvalue weighted by atomic mass is 10.4. The summed E-state index contributed by atoms with van der Waals surface area (Å²) < 4.78 is 4.68. The summed E-state index contributed by atoms with van der Waals surface area (Å²) in [6.45, 7) is 1.58. The topological polar surface area (TPSA) is 102 Å². The maximum absolute atomic E-state index is 10.6. The number of ether oxygens (including phenoxy) is 1. The molecule has 0 amide bonds. The molecule has 0 saturated carbocycles. The molecule has 0 aliphatic heterocycles. The minimum absolute atomic E-state index is 0.213. The largest absolute Gasteiger partial charge is 0.457 e. The summed E-state index contributed by atoms with van der Waals surface area (Å²) in [5.74, 6) is -0.990. The molecular formula is C6H13N3O2. The fraction of sp³-hybridized carbons (Fsp3) is 0.667. The highest BCUT2D eigenvalue weighted by molar-refractivity contribution is 6.35. The van der Waals surface area contributed by atoms with Crippen molar-refractivity contribution in [3.63, 3.8) is 0 Å². The molecule has 64 valence electrons. The number of ketones is 1. The SMILES string of the molecule is CCC(N)OC(=N)C(=O)CN. The number of carbonyl (C=O) groups is 1. The van der Waals surface area contributed by atoms with Crippen LogP contribution in [0.25, 0.3) is 0 Å². The maximum Gasteiger partial charge on any atom is 0.253 e. The highest BCUT2D eigenvalue weighted by Crippen LogP contribution is 1.90. The van der Waals surface area contributed by atoms with Crippen molar-refractivity contribution in [3.8, 4) is 0 Å². The second-order valence-electron chi connectivity index (χ2n) is 2.02. The van der Waals surface area contributed by atoms with Crippen LogP contribution in [0.15, 0.2) is 0 Å². The van der Waals surface area contributed by atoms with E-state index in [0.717, 1.165) is 0 Å². The molecule has 0 aromatic carbocycles. The molecule has 0 aromatic heterocycles. The normalized spacial score (nSPS) is 12.3. The van der Waals surface area contributed by atoms with Crippen molar-refractivity contribution in [2.45, 2.75) is 19.6 Å². The molecule has 0 bridgehead atoms. The van der Waals surface area contributed by atoms with Gasteiger partial charge in [0.05, 0.1) is 6.54 Å². The van der Waals surface area contributed by atoms with Crippen molar-refractivity contribution >= 4 is 11.7 Å². The second-order valence-corrected chi connectivity index (χ2v) is 2.02. The van der Waals surface area contributed by atoms with E-state index in [4.69, 9.17) is 16.9 Å². The van der Waals surface area contributed by atoms with Gasteiger partial charge in [0.1, 0.15) is 6.23 Å². The summed E-state index contributed by atoms with van der Waals surface area (Å²) in [4.78, 5) is 10.6. The lowest BCUT2D eigenvalue weighted by Crippen LogP contribution is -2.32. The Bertz CT molecular complexity index is 158. The molecule has 5 N–H and O–H groups in total. The number of rotatable bonds is 4. The lowest BCUT2D eigenvalue weighted by Gasteiger charge is -2.10. The Morgan fingerprint density at radius 2 is 2.27 bits per heavy atom. The summed E-state index contributed by atoms with van der Waals surface area (Å²) in [5.41, 5.74) is 10.3. The zero-order chi connectivity index (χ0) is 8.85. The summed E-state index contributed by atoms with van der Waals surface area (Å²) in [7, 11) is 0. The molecule has 0 aliphatic carbocycles. The fourth-order valence-electron chi connectivity index (χ4n) is 0.393. The van der Waals surface area contributed by atoms with Gasteiger partial charge in [-0.25, -0.2) is 0 Å². The lowest BCUT2D eigenvalue weighted by molar-refractivity contribution is -0.113. The Morgan fingerprint density at radius 1 is 1.73 bits per heavy atom. The Morgan fingerprint density at radius 3 is 2.64 bits per heavy atom. The molecular weight excluding hydrogens is 146 g/mol. The molecule has 1 atom stereocenters. The minimum Gasteiger partial charge on any atom is -0.457 e. The van der Waals surface area contributed by atoms with Crippen LogP contribution in [0.5, 0.6) is 0 Å². The second kappa shape index (κ2) is 4.81. The third kappa shape index (κ3) is 3.69. The van der Waals surface area contributed by atoms with Crippen LogP contribution in [-0.4, -0.2) is 24.5 Å². The number of Topliss-reactive ketones (excluding diaryl/α,β-unsaturated/α-hetero) is 1. The Labute approximate surface area is 65.2 Å². The quantitative estimate of drug-likeness (QED) is 0.284. The van der Waals surface area contributed by atoms with Crippen molar-refractivity contribution in [1.82, 2.24) is 0 Å². The van der Waals surface area contributed by atoms with Gasteiger partial charge in [-0.05, 0) is 6.42 Å². The highest BCUT2D eigenvalue weighted by Gasteiger charge is 2.11. The van der Waals surface area contributed by atoms with Gasteiger partial charge in [-0.2, -0.15) is 0 Å². The molecule has 5 heteroatoms. The van der Waals surface area contributed by atoms with Gasteiger partial charge in [-0.1, -0.05) is 6.92 Å². The standard InChI is InChI=1S/C6H13N3O2/c1-2-5(8)11-6(9)4(10)3-7/h5,9H,2-3,7-8H2,1H3. The van der Waals surface area contributed by atoms with Gasteiger partial charge in [-0.3, -0.25) is 15.9 Å². The van der Waals surface area contributed by atoms with Crippen LogP contribution in [0, 0.1) is 5.41 Å². The van der Waals surface area contributed by atoms with Crippen LogP contribution in [0.4, 0.5) is 0 Å². The maximum atomic E-state index is 10.6. The van der Waals surface area contributed by atoms with Crippen molar-refractivity contribution in [1.29, 1.82) is 5.41 Å². The van der Waals surface area contributed by atoms with Crippen molar-refractivity contribution in [2.24, 2.45) is 11.5 Å². The molecule has 0 rings (SSSR count). The third-order valence-corrected chi connectivity index (χ3v) is 1.11. The number of carbonyl (C=O) groups excluding carboxylic acids is 1. The van der Waals surface area contributed by atoms with E-state index in [1.807, 2.05) is 0 Å². The summed E-state index contributed by atoms with van der Waals surface area (Å²) in [5, 5.41) is 7.00. The third-order valence-electron chi connectivity index (χ3n) is 1.11. The van der Waals surface area contributed by atoms with E-state index in [9.17, 15) is 4.79 Å². The van der Waals surface area contributed by atoms with Gasteiger partial charge in [0.15, 0.2) is 0 Å². The first kappa shape index (κ1) is 10.1. The van der Waals surface area contributed by atoms with E-state index < -0.39 is 17.9 Å². The predicted octanol–water partition coefficient (Wildman–Crippen LogP) is -0.797. The van der Waals surface area contributed by atoms with Gasteiger partial charge in [0, 0.05) is 0 Å². The summed E-state index contributed by atoms with van der Waals surface area (Å²) in [6, 6.07) is 0. The van der Waals surface area contributed by atoms with Gasteiger partial charge < -0.3 is 10.5 Å². The first-order valence-corrected chi connectivity index (χ1v) is 3.35. The molecule has 5 nitrogen and oxygen atoms in total. The molecule has 0 aromatic rings. The van der Waals surface area contributed by atoms with E-state index >= 15 is 0 Å². The van der Waals surface area contributed by atoms with Crippen LogP contribution in [0.2, 0.25) is 0 Å². The van der Waals surface area contributed by atoms with Crippen molar-refractivity contribution in [2.75, 3.05) is 6.54 Å². The average molecular weight is 159 g/mol. The fourth-order valence-corrected chi connectivity index (χ4v) is 0.393. The molecule has 0 fully saturated rings. The van der Waals surface area contributed by atoms with Crippen LogP contribution in [-0.2, 0) is 9.53 Å². The van der Waals surface area contributed by atoms with E-state index in [0.29, 0.717) is 6.42 Å². The van der Waals surface area contributed by atoms with Gasteiger partial charge in [0.25, 0.3) is 5.90 Å².